The molecular formula is C20H28N2O5. The lowest BCUT2D eigenvalue weighted by Gasteiger charge is -2.31. The van der Waals surface area contributed by atoms with Gasteiger partial charge >= 0.3 is 5.97 Å². The summed E-state index contributed by atoms with van der Waals surface area (Å²) in [5, 5.41) is 0. The number of likely N-dealkylation sites (tertiary alicyclic amines) is 1. The smallest absolute Gasteiger partial charge is 0.338 e. The maximum absolute atomic E-state index is 12.2. The van der Waals surface area contributed by atoms with E-state index in [1.807, 2.05) is 0 Å². The number of ether oxygens (including phenoxy) is 2. The lowest BCUT2D eigenvalue weighted by atomic mass is 9.97. The van der Waals surface area contributed by atoms with Crippen LogP contribution in [0.5, 0.6) is 5.75 Å². The van der Waals surface area contributed by atoms with Crippen LogP contribution in [0.25, 0.3) is 0 Å². The van der Waals surface area contributed by atoms with Gasteiger partial charge in [-0.3, -0.25) is 9.59 Å². The molecule has 2 N–H and O–H groups in total. The maximum Gasteiger partial charge on any atom is 0.338 e. The summed E-state index contributed by atoms with van der Waals surface area (Å²) in [4.78, 5) is 37.1. The van der Waals surface area contributed by atoms with Gasteiger partial charge in [-0.25, -0.2) is 4.79 Å². The number of unbranched alkanes of at least 4 members (excludes halogenated alkanes) is 2. The molecule has 0 aliphatic carbocycles. The second-order valence-electron chi connectivity index (χ2n) is 6.74. The van der Waals surface area contributed by atoms with E-state index in [2.05, 4.69) is 6.92 Å². The quantitative estimate of drug-likeness (QED) is 0.526. The number of piperidine rings is 1. The molecule has 1 atom stereocenters. The van der Waals surface area contributed by atoms with Crippen molar-refractivity contribution in [3.63, 3.8) is 0 Å². The average Bonchev–Trinajstić information content (AvgIpc) is 2.69. The highest BCUT2D eigenvalue weighted by molar-refractivity contribution is 5.91. The van der Waals surface area contributed by atoms with Crippen molar-refractivity contribution in [3.8, 4) is 5.75 Å². The minimum atomic E-state index is -0.565. The van der Waals surface area contributed by atoms with Crippen molar-refractivity contribution in [1.29, 1.82) is 0 Å². The largest absolute Gasteiger partial charge is 0.494 e. The zero-order valence-corrected chi connectivity index (χ0v) is 15.8. The molecule has 1 fully saturated rings. The van der Waals surface area contributed by atoms with Gasteiger partial charge in [-0.2, -0.15) is 0 Å². The predicted molar refractivity (Wildman–Crippen MR) is 100 cm³/mol. The first-order valence-electron chi connectivity index (χ1n) is 9.48. The van der Waals surface area contributed by atoms with Gasteiger partial charge in [-0.1, -0.05) is 19.8 Å². The lowest BCUT2D eigenvalue weighted by Crippen LogP contribution is -2.45. The third-order valence-corrected chi connectivity index (χ3v) is 4.61. The first kappa shape index (κ1) is 20.7. The first-order chi connectivity index (χ1) is 13.0. The summed E-state index contributed by atoms with van der Waals surface area (Å²) < 4.78 is 10.7. The van der Waals surface area contributed by atoms with Crippen molar-refractivity contribution in [2.75, 3.05) is 26.3 Å². The molecule has 0 saturated carbocycles. The van der Waals surface area contributed by atoms with Gasteiger partial charge in [0.15, 0.2) is 6.61 Å². The summed E-state index contributed by atoms with van der Waals surface area (Å²) in [6, 6.07) is 6.66. The van der Waals surface area contributed by atoms with Crippen LogP contribution in [-0.4, -0.2) is 49.0 Å². The van der Waals surface area contributed by atoms with Crippen molar-refractivity contribution < 1.29 is 23.9 Å². The number of amides is 2. The molecule has 2 rings (SSSR count). The van der Waals surface area contributed by atoms with Crippen molar-refractivity contribution >= 4 is 17.8 Å². The zero-order valence-electron chi connectivity index (χ0n) is 15.8. The Morgan fingerprint density at radius 1 is 1.19 bits per heavy atom. The minimum absolute atomic E-state index is 0.287. The Kier molecular flexibility index (Phi) is 8.10. The number of hydrogen-bond donors (Lipinski definition) is 1. The Labute approximate surface area is 159 Å². The highest BCUT2D eigenvalue weighted by Gasteiger charge is 2.27. The molecule has 148 valence electrons. The molecule has 7 nitrogen and oxygen atoms in total. The van der Waals surface area contributed by atoms with Crippen LogP contribution in [0.4, 0.5) is 0 Å². The van der Waals surface area contributed by atoms with E-state index in [-0.39, 0.29) is 25.0 Å². The van der Waals surface area contributed by atoms with E-state index in [1.54, 1.807) is 24.3 Å². The van der Waals surface area contributed by atoms with Crippen molar-refractivity contribution in [2.45, 2.75) is 39.0 Å². The molecule has 1 heterocycles. The number of rotatable bonds is 9. The topological polar surface area (TPSA) is 98.9 Å². The summed E-state index contributed by atoms with van der Waals surface area (Å²) in [5.74, 6) is -0.913. The molecule has 2 amide bonds. The van der Waals surface area contributed by atoms with E-state index in [4.69, 9.17) is 15.2 Å². The lowest BCUT2D eigenvalue weighted by molar-refractivity contribution is -0.137. The zero-order chi connectivity index (χ0) is 19.6. The molecule has 0 spiro atoms. The van der Waals surface area contributed by atoms with Gasteiger partial charge in [0.05, 0.1) is 18.1 Å². The number of esters is 1. The van der Waals surface area contributed by atoms with Crippen LogP contribution in [0.1, 0.15) is 49.4 Å². The second kappa shape index (κ2) is 10.5. The van der Waals surface area contributed by atoms with E-state index in [9.17, 15) is 14.4 Å². The number of carbonyl (C=O) groups is 3. The van der Waals surface area contributed by atoms with Crippen LogP contribution in [0.15, 0.2) is 24.3 Å². The van der Waals surface area contributed by atoms with E-state index in [0.717, 1.165) is 19.3 Å². The standard InChI is InChI=1S/C20H28N2O5/c1-2-3-4-12-26-17-9-7-15(8-10-17)20(25)27-14-18(23)22-11-5-6-16(13-22)19(21)24/h7-10,16H,2-6,11-14H2,1H3,(H2,21,24)/t16-/m1/s1. The molecule has 7 heteroatoms. The fourth-order valence-corrected chi connectivity index (χ4v) is 2.97. The SMILES string of the molecule is CCCCCOc1ccc(C(=O)OCC(=O)N2CCC[C@@H](C(N)=O)C2)cc1. The molecule has 1 aromatic rings. The molecular weight excluding hydrogens is 348 g/mol. The molecule has 0 radical (unpaired) electrons. The second-order valence-corrected chi connectivity index (χ2v) is 6.74. The van der Waals surface area contributed by atoms with Gasteiger partial charge in [-0.15, -0.1) is 0 Å². The number of primary amides is 1. The number of carbonyl (C=O) groups excluding carboxylic acids is 3. The summed E-state index contributed by atoms with van der Waals surface area (Å²) >= 11 is 0. The normalized spacial score (nSPS) is 16.6. The Hall–Kier alpha value is -2.57. The summed E-state index contributed by atoms with van der Waals surface area (Å²) in [7, 11) is 0. The summed E-state index contributed by atoms with van der Waals surface area (Å²) in [6.45, 7) is 3.26. The Bertz CT molecular complexity index is 644. The molecule has 27 heavy (non-hydrogen) atoms. The fraction of sp³-hybridized carbons (Fsp3) is 0.550. The molecule has 1 aliphatic heterocycles. The molecule has 1 saturated heterocycles. The number of benzene rings is 1. The van der Waals surface area contributed by atoms with Crippen molar-refractivity contribution in [1.82, 2.24) is 4.90 Å². The Morgan fingerprint density at radius 3 is 2.59 bits per heavy atom. The summed E-state index contributed by atoms with van der Waals surface area (Å²) in [5.41, 5.74) is 5.67. The van der Waals surface area contributed by atoms with E-state index >= 15 is 0 Å². The van der Waals surface area contributed by atoms with Gasteiger partial charge in [0.25, 0.3) is 5.91 Å². The minimum Gasteiger partial charge on any atom is -0.494 e. The maximum atomic E-state index is 12.2. The van der Waals surface area contributed by atoms with Crippen LogP contribution in [0, 0.1) is 5.92 Å². The van der Waals surface area contributed by atoms with Gasteiger partial charge < -0.3 is 20.1 Å². The number of hydrogen-bond acceptors (Lipinski definition) is 5. The van der Waals surface area contributed by atoms with Gasteiger partial charge in [0.1, 0.15) is 5.75 Å². The molecule has 1 aromatic carbocycles. The number of nitrogens with zero attached hydrogens (tertiary/aromatic N) is 1. The fourth-order valence-electron chi connectivity index (χ4n) is 2.97. The highest BCUT2D eigenvalue weighted by Crippen LogP contribution is 2.17. The highest BCUT2D eigenvalue weighted by atomic mass is 16.5. The summed E-state index contributed by atoms with van der Waals surface area (Å²) in [6.07, 6.45) is 4.65. The number of nitrogens with two attached hydrogens (primary N) is 1. The molecule has 0 bridgehead atoms. The molecule has 0 aromatic heterocycles. The third kappa shape index (κ3) is 6.58. The Morgan fingerprint density at radius 2 is 1.93 bits per heavy atom. The van der Waals surface area contributed by atoms with E-state index in [0.29, 0.717) is 37.3 Å². The third-order valence-electron chi connectivity index (χ3n) is 4.61. The predicted octanol–water partition coefficient (Wildman–Crippen LogP) is 2.14. The van der Waals surface area contributed by atoms with Crippen molar-refractivity contribution in [3.05, 3.63) is 29.8 Å². The van der Waals surface area contributed by atoms with Gasteiger partial charge in [0, 0.05) is 13.1 Å². The van der Waals surface area contributed by atoms with E-state index in [1.165, 1.54) is 4.90 Å². The van der Waals surface area contributed by atoms with Gasteiger partial charge in [-0.05, 0) is 43.5 Å². The van der Waals surface area contributed by atoms with Crippen LogP contribution >= 0.6 is 0 Å². The van der Waals surface area contributed by atoms with Crippen LogP contribution in [-0.2, 0) is 14.3 Å². The van der Waals surface area contributed by atoms with Crippen molar-refractivity contribution in [2.24, 2.45) is 11.7 Å². The monoisotopic (exact) mass is 376 g/mol. The molecule has 1 aliphatic rings. The van der Waals surface area contributed by atoms with Crippen LogP contribution in [0.3, 0.4) is 0 Å². The van der Waals surface area contributed by atoms with E-state index < -0.39 is 11.9 Å². The van der Waals surface area contributed by atoms with Crippen LogP contribution < -0.4 is 10.5 Å². The molecule has 0 unspecified atom stereocenters. The first-order valence-corrected chi connectivity index (χ1v) is 9.48. The van der Waals surface area contributed by atoms with Gasteiger partial charge in [0.2, 0.25) is 5.91 Å². The Balaban J connectivity index is 1.77. The average molecular weight is 376 g/mol. The van der Waals surface area contributed by atoms with Crippen LogP contribution in [0.2, 0.25) is 0 Å².